The second-order valence-corrected chi connectivity index (χ2v) is 5.21. The van der Waals surface area contributed by atoms with Gasteiger partial charge in [-0.1, -0.05) is 24.6 Å². The van der Waals surface area contributed by atoms with Gasteiger partial charge in [-0.2, -0.15) is 0 Å². The molecule has 0 aromatic heterocycles. The summed E-state index contributed by atoms with van der Waals surface area (Å²) in [5, 5.41) is 9.95. The topological polar surface area (TPSA) is 41.8 Å². The molecule has 0 fully saturated rings. The summed E-state index contributed by atoms with van der Waals surface area (Å²) >= 11 is 6.21. The normalized spacial score (nSPS) is 12.5. The molecule has 0 spiro atoms. The highest BCUT2D eigenvalue weighted by atomic mass is 35.5. The summed E-state index contributed by atoms with van der Waals surface area (Å²) in [5.74, 6) is 0.875. The van der Waals surface area contributed by atoms with Crippen molar-refractivity contribution >= 4 is 23.5 Å². The van der Waals surface area contributed by atoms with Crippen LogP contribution in [0, 0.1) is 0 Å². The van der Waals surface area contributed by atoms with Gasteiger partial charge in [-0.3, -0.25) is 4.99 Å². The van der Waals surface area contributed by atoms with Crippen LogP contribution in [0.25, 0.3) is 0 Å². The molecule has 0 saturated carbocycles. The van der Waals surface area contributed by atoms with E-state index in [9.17, 15) is 5.11 Å². The first-order chi connectivity index (χ1) is 10.1. The molecule has 21 heavy (non-hydrogen) atoms. The molecule has 2 rings (SSSR count). The van der Waals surface area contributed by atoms with E-state index >= 15 is 0 Å². The van der Waals surface area contributed by atoms with Gasteiger partial charge in [0.2, 0.25) is 0 Å². The van der Waals surface area contributed by atoms with Crippen molar-refractivity contribution < 1.29 is 9.84 Å². The summed E-state index contributed by atoms with van der Waals surface area (Å²) < 4.78 is 5.72. The van der Waals surface area contributed by atoms with Gasteiger partial charge in [-0.15, -0.1) is 0 Å². The summed E-state index contributed by atoms with van der Waals surface area (Å²) in [4.78, 5) is 4.30. The molecule has 110 valence electrons. The average Bonchev–Trinajstić information content (AvgIpc) is 2.47. The maximum atomic E-state index is 9.39. The fraction of sp³-hybridized carbons (Fsp3) is 0.235. The van der Waals surface area contributed by atoms with Crippen molar-refractivity contribution in [1.29, 1.82) is 0 Å². The molecule has 0 aliphatic heterocycles. The van der Waals surface area contributed by atoms with Crippen LogP contribution in [0.1, 0.15) is 25.8 Å². The third kappa shape index (κ3) is 4.50. The lowest BCUT2D eigenvalue weighted by molar-refractivity contribution is 0.217. The predicted molar refractivity (Wildman–Crippen MR) is 87.2 cm³/mol. The zero-order valence-corrected chi connectivity index (χ0v) is 12.8. The molecule has 0 unspecified atom stereocenters. The Morgan fingerprint density at radius 1 is 1.29 bits per heavy atom. The minimum Gasteiger partial charge on any atom is -0.508 e. The number of benzene rings is 2. The molecule has 0 amide bonds. The molecule has 1 atom stereocenters. The quantitative estimate of drug-likeness (QED) is 0.792. The standard InChI is InChI=1S/C17H18ClNO2/c1-3-12(2)21-17-8-7-13(9-16(17)18)11-19-14-5-4-6-15(20)10-14/h4-12,20H,3H2,1-2H3/t12-/m1/s1. The molecule has 2 aromatic carbocycles. The Labute approximate surface area is 129 Å². The Bertz CT molecular complexity index is 640. The monoisotopic (exact) mass is 303 g/mol. The molecule has 0 radical (unpaired) electrons. The van der Waals surface area contributed by atoms with E-state index in [0.29, 0.717) is 16.5 Å². The number of hydrogen-bond acceptors (Lipinski definition) is 3. The smallest absolute Gasteiger partial charge is 0.138 e. The number of ether oxygens (including phenoxy) is 1. The van der Waals surface area contributed by atoms with Crippen LogP contribution in [0.5, 0.6) is 11.5 Å². The van der Waals surface area contributed by atoms with E-state index in [2.05, 4.69) is 11.9 Å². The predicted octanol–water partition coefficient (Wildman–Crippen LogP) is 4.97. The number of phenolic OH excluding ortho intramolecular Hbond substituents is 1. The highest BCUT2D eigenvalue weighted by molar-refractivity contribution is 6.32. The number of rotatable bonds is 5. The van der Waals surface area contributed by atoms with Gasteiger partial charge >= 0.3 is 0 Å². The summed E-state index contributed by atoms with van der Waals surface area (Å²) in [5.41, 5.74) is 1.56. The molecule has 3 nitrogen and oxygen atoms in total. The van der Waals surface area contributed by atoms with Crippen molar-refractivity contribution in [1.82, 2.24) is 0 Å². The molecule has 0 heterocycles. The van der Waals surface area contributed by atoms with Gasteiger partial charge in [-0.05, 0) is 49.2 Å². The molecule has 0 aliphatic carbocycles. The molecule has 0 bridgehead atoms. The lowest BCUT2D eigenvalue weighted by atomic mass is 10.2. The van der Waals surface area contributed by atoms with Gasteiger partial charge in [0.05, 0.1) is 16.8 Å². The molecule has 1 N–H and O–H groups in total. The third-order valence-electron chi connectivity index (χ3n) is 3.05. The Morgan fingerprint density at radius 2 is 2.10 bits per heavy atom. The van der Waals surface area contributed by atoms with Crippen LogP contribution >= 0.6 is 11.6 Å². The summed E-state index contributed by atoms with van der Waals surface area (Å²) in [7, 11) is 0. The van der Waals surface area contributed by atoms with Crippen molar-refractivity contribution in [2.24, 2.45) is 4.99 Å². The fourth-order valence-corrected chi connectivity index (χ4v) is 1.95. The summed E-state index contributed by atoms with van der Waals surface area (Å²) in [6.45, 7) is 4.07. The second-order valence-electron chi connectivity index (χ2n) is 4.80. The maximum absolute atomic E-state index is 9.39. The first-order valence-electron chi connectivity index (χ1n) is 6.88. The maximum Gasteiger partial charge on any atom is 0.138 e. The van der Waals surface area contributed by atoms with Crippen molar-refractivity contribution in [3.8, 4) is 11.5 Å². The van der Waals surface area contributed by atoms with E-state index in [1.165, 1.54) is 0 Å². The first-order valence-corrected chi connectivity index (χ1v) is 7.25. The van der Waals surface area contributed by atoms with Crippen molar-refractivity contribution in [2.75, 3.05) is 0 Å². The average molecular weight is 304 g/mol. The van der Waals surface area contributed by atoms with Crippen LogP contribution in [0.2, 0.25) is 5.02 Å². The number of aromatic hydroxyl groups is 1. The zero-order chi connectivity index (χ0) is 15.2. The van der Waals surface area contributed by atoms with Gasteiger partial charge in [-0.25, -0.2) is 0 Å². The van der Waals surface area contributed by atoms with Crippen LogP contribution in [0.15, 0.2) is 47.5 Å². The third-order valence-corrected chi connectivity index (χ3v) is 3.35. The number of halogens is 1. The number of aliphatic imine (C=N–C) groups is 1. The largest absolute Gasteiger partial charge is 0.508 e. The van der Waals surface area contributed by atoms with Crippen LogP contribution in [0.4, 0.5) is 5.69 Å². The van der Waals surface area contributed by atoms with Gasteiger partial charge in [0.15, 0.2) is 0 Å². The lowest BCUT2D eigenvalue weighted by Gasteiger charge is -2.13. The van der Waals surface area contributed by atoms with Gasteiger partial charge < -0.3 is 9.84 Å². The summed E-state index contributed by atoms with van der Waals surface area (Å²) in [6.07, 6.45) is 2.76. The van der Waals surface area contributed by atoms with Crippen LogP contribution < -0.4 is 4.74 Å². The van der Waals surface area contributed by atoms with Gasteiger partial charge in [0.25, 0.3) is 0 Å². The molecule has 0 aliphatic rings. The number of phenols is 1. The van der Waals surface area contributed by atoms with E-state index in [-0.39, 0.29) is 11.9 Å². The molecular formula is C17H18ClNO2. The highest BCUT2D eigenvalue weighted by Crippen LogP contribution is 2.26. The van der Waals surface area contributed by atoms with Gasteiger partial charge in [0, 0.05) is 12.3 Å². The molecule has 2 aromatic rings. The van der Waals surface area contributed by atoms with Crippen LogP contribution in [-0.4, -0.2) is 17.4 Å². The Balaban J connectivity index is 2.13. The Kier molecular flexibility index (Phi) is 5.23. The van der Waals surface area contributed by atoms with Crippen LogP contribution in [0.3, 0.4) is 0 Å². The van der Waals surface area contributed by atoms with Crippen LogP contribution in [-0.2, 0) is 0 Å². The van der Waals surface area contributed by atoms with E-state index in [1.54, 1.807) is 24.4 Å². The van der Waals surface area contributed by atoms with E-state index in [1.807, 2.05) is 31.2 Å². The minimum atomic E-state index is 0.134. The minimum absolute atomic E-state index is 0.134. The number of nitrogens with zero attached hydrogens (tertiary/aromatic N) is 1. The molecule has 0 saturated heterocycles. The Morgan fingerprint density at radius 3 is 2.76 bits per heavy atom. The second kappa shape index (κ2) is 7.14. The lowest BCUT2D eigenvalue weighted by Crippen LogP contribution is -2.09. The van der Waals surface area contributed by atoms with Crippen molar-refractivity contribution in [2.45, 2.75) is 26.4 Å². The fourth-order valence-electron chi connectivity index (χ4n) is 1.72. The Hall–Kier alpha value is -2.00. The SMILES string of the molecule is CC[C@@H](C)Oc1ccc(C=Nc2cccc(O)c2)cc1Cl. The van der Waals surface area contributed by atoms with Gasteiger partial charge in [0.1, 0.15) is 11.5 Å². The summed E-state index contributed by atoms with van der Waals surface area (Å²) in [6, 6.07) is 12.3. The van der Waals surface area contributed by atoms with E-state index in [4.69, 9.17) is 16.3 Å². The molecule has 4 heteroatoms. The number of hydrogen-bond donors (Lipinski definition) is 1. The van der Waals surface area contributed by atoms with Crippen molar-refractivity contribution in [3.63, 3.8) is 0 Å². The van der Waals surface area contributed by atoms with Crippen molar-refractivity contribution in [3.05, 3.63) is 53.1 Å². The van der Waals surface area contributed by atoms with E-state index in [0.717, 1.165) is 12.0 Å². The molecular weight excluding hydrogens is 286 g/mol. The zero-order valence-electron chi connectivity index (χ0n) is 12.1. The highest BCUT2D eigenvalue weighted by Gasteiger charge is 2.06. The first kappa shape index (κ1) is 15.4. The van der Waals surface area contributed by atoms with E-state index < -0.39 is 0 Å².